The van der Waals surface area contributed by atoms with E-state index >= 15 is 0 Å². The van der Waals surface area contributed by atoms with Gasteiger partial charge in [0.1, 0.15) is 6.67 Å². The quantitative estimate of drug-likeness (QED) is 0.734. The molecule has 4 nitrogen and oxygen atoms in total. The molecule has 3 aliphatic heterocycles. The highest BCUT2D eigenvalue weighted by atomic mass is 19.3. The van der Waals surface area contributed by atoms with E-state index in [1.807, 2.05) is 4.90 Å². The van der Waals surface area contributed by atoms with Crippen molar-refractivity contribution in [3.8, 4) is 0 Å². The van der Waals surface area contributed by atoms with Gasteiger partial charge in [0, 0.05) is 44.7 Å². The van der Waals surface area contributed by atoms with Crippen molar-refractivity contribution in [1.29, 1.82) is 0 Å². The standard InChI is InChI=1S/C18H32F2N4/c1-16(2)23-9-4-17(5-10-23)24-13-12-22(15-24)8-3-7-21-11-6-18(19,20)14-21/h16-17H,3-14H2,1-2H3. The molecule has 0 bridgehead atoms. The zero-order valence-electron chi connectivity index (χ0n) is 15.2. The summed E-state index contributed by atoms with van der Waals surface area (Å²) >= 11 is 0. The first kappa shape index (κ1) is 18.5. The summed E-state index contributed by atoms with van der Waals surface area (Å²) < 4.78 is 26.4. The smallest absolute Gasteiger partial charge is 0.261 e. The molecule has 0 atom stereocenters. The maximum absolute atomic E-state index is 13.2. The predicted molar refractivity (Wildman–Crippen MR) is 91.9 cm³/mol. The summed E-state index contributed by atoms with van der Waals surface area (Å²) in [5.74, 6) is -2.46. The highest BCUT2D eigenvalue weighted by molar-refractivity contribution is 4.89. The summed E-state index contributed by atoms with van der Waals surface area (Å²) in [6.07, 6.45) is 3.42. The van der Waals surface area contributed by atoms with Crippen molar-refractivity contribution in [1.82, 2.24) is 19.6 Å². The summed E-state index contributed by atoms with van der Waals surface area (Å²) in [6, 6.07) is 1.27. The minimum absolute atomic E-state index is 0.0256. The molecule has 0 saturated carbocycles. The minimum atomic E-state index is -2.46. The third-order valence-electron chi connectivity index (χ3n) is 5.70. The Kier molecular flexibility index (Phi) is 6.11. The van der Waals surface area contributed by atoms with Crippen LogP contribution >= 0.6 is 0 Å². The normalized spacial score (nSPS) is 28.4. The lowest BCUT2D eigenvalue weighted by Crippen LogP contribution is -2.45. The van der Waals surface area contributed by atoms with Crippen molar-refractivity contribution >= 4 is 0 Å². The molecule has 2 radical (unpaired) electrons. The number of nitrogens with zero attached hydrogens (tertiary/aromatic N) is 4. The Labute approximate surface area is 145 Å². The molecule has 0 unspecified atom stereocenters. The lowest BCUT2D eigenvalue weighted by atomic mass is 10.0. The molecular formula is C18H32F2N4. The van der Waals surface area contributed by atoms with Crippen molar-refractivity contribution in [2.75, 3.05) is 52.4 Å². The Bertz CT molecular complexity index is 396. The number of piperidine rings is 1. The van der Waals surface area contributed by atoms with E-state index in [1.54, 1.807) is 0 Å². The molecule has 3 aliphatic rings. The van der Waals surface area contributed by atoms with E-state index < -0.39 is 5.92 Å². The van der Waals surface area contributed by atoms with Gasteiger partial charge < -0.3 is 4.90 Å². The van der Waals surface area contributed by atoms with Crippen LogP contribution in [-0.2, 0) is 0 Å². The molecule has 0 aromatic rings. The third-order valence-corrected chi connectivity index (χ3v) is 5.70. The summed E-state index contributed by atoms with van der Waals surface area (Å²) in [7, 11) is 0. The van der Waals surface area contributed by atoms with E-state index in [9.17, 15) is 8.78 Å². The third kappa shape index (κ3) is 4.87. The molecule has 3 heterocycles. The number of hydrogen-bond donors (Lipinski definition) is 0. The summed E-state index contributed by atoms with van der Waals surface area (Å²) in [4.78, 5) is 9.09. The van der Waals surface area contributed by atoms with Crippen LogP contribution in [0.1, 0.15) is 39.5 Å². The lowest BCUT2D eigenvalue weighted by molar-refractivity contribution is 0.0120. The highest BCUT2D eigenvalue weighted by Crippen LogP contribution is 2.27. The van der Waals surface area contributed by atoms with Gasteiger partial charge in [-0.15, -0.1) is 0 Å². The fourth-order valence-electron chi connectivity index (χ4n) is 4.13. The largest absolute Gasteiger partial charge is 0.301 e. The summed E-state index contributed by atoms with van der Waals surface area (Å²) in [5.41, 5.74) is 0. The Balaban J connectivity index is 1.31. The van der Waals surface area contributed by atoms with Crippen LogP contribution in [-0.4, -0.2) is 90.0 Å². The minimum Gasteiger partial charge on any atom is -0.301 e. The second kappa shape index (κ2) is 7.94. The van der Waals surface area contributed by atoms with Crippen molar-refractivity contribution in [3.63, 3.8) is 0 Å². The van der Waals surface area contributed by atoms with Gasteiger partial charge in [0.05, 0.1) is 6.54 Å². The van der Waals surface area contributed by atoms with Gasteiger partial charge in [0.15, 0.2) is 0 Å². The van der Waals surface area contributed by atoms with Crippen LogP contribution in [0.15, 0.2) is 0 Å². The van der Waals surface area contributed by atoms with Crippen LogP contribution in [0.5, 0.6) is 0 Å². The molecule has 0 N–H and O–H groups in total. The monoisotopic (exact) mass is 342 g/mol. The highest BCUT2D eigenvalue weighted by Gasteiger charge is 2.38. The Morgan fingerprint density at radius 2 is 1.79 bits per heavy atom. The van der Waals surface area contributed by atoms with Crippen molar-refractivity contribution in [3.05, 3.63) is 6.67 Å². The SMILES string of the molecule is CC(C)N1CCC(N2[C]N(CCCN3CCC(F)(F)C3)CC2)CC1. The lowest BCUT2D eigenvalue weighted by Gasteiger charge is -2.38. The molecule has 0 aromatic heterocycles. The molecule has 138 valence electrons. The zero-order valence-corrected chi connectivity index (χ0v) is 15.2. The molecule has 0 spiro atoms. The van der Waals surface area contributed by atoms with Gasteiger partial charge in [-0.05, 0) is 52.7 Å². The van der Waals surface area contributed by atoms with Gasteiger partial charge in [0.25, 0.3) is 5.92 Å². The van der Waals surface area contributed by atoms with Gasteiger partial charge in [-0.2, -0.15) is 0 Å². The van der Waals surface area contributed by atoms with E-state index in [0.717, 1.165) is 32.6 Å². The number of likely N-dealkylation sites (tertiary alicyclic amines) is 2. The molecule has 0 amide bonds. The molecule has 6 heteroatoms. The number of alkyl halides is 2. The summed E-state index contributed by atoms with van der Waals surface area (Å²) in [5, 5.41) is 0. The van der Waals surface area contributed by atoms with Crippen molar-refractivity contribution < 1.29 is 8.78 Å². The molecular weight excluding hydrogens is 310 g/mol. The molecule has 0 aliphatic carbocycles. The Morgan fingerprint density at radius 3 is 2.42 bits per heavy atom. The van der Waals surface area contributed by atoms with Crippen molar-refractivity contribution in [2.45, 2.75) is 57.5 Å². The first-order valence-electron chi connectivity index (χ1n) is 9.55. The van der Waals surface area contributed by atoms with Crippen LogP contribution in [0, 0.1) is 6.67 Å². The zero-order chi connectivity index (χ0) is 17.2. The Hall–Kier alpha value is -0.300. The van der Waals surface area contributed by atoms with Crippen LogP contribution in [0.4, 0.5) is 8.78 Å². The van der Waals surface area contributed by atoms with E-state index in [0.29, 0.717) is 18.6 Å². The predicted octanol–water partition coefficient (Wildman–Crippen LogP) is 2.20. The molecule has 3 rings (SSSR count). The van der Waals surface area contributed by atoms with Crippen LogP contribution in [0.3, 0.4) is 0 Å². The number of halogens is 2. The molecule has 24 heavy (non-hydrogen) atoms. The van der Waals surface area contributed by atoms with Gasteiger partial charge in [-0.1, -0.05) is 0 Å². The average molecular weight is 342 g/mol. The van der Waals surface area contributed by atoms with E-state index in [4.69, 9.17) is 0 Å². The molecule has 3 fully saturated rings. The number of rotatable bonds is 6. The van der Waals surface area contributed by atoms with Crippen LogP contribution in [0.25, 0.3) is 0 Å². The fourth-order valence-corrected chi connectivity index (χ4v) is 4.13. The van der Waals surface area contributed by atoms with Gasteiger partial charge in [-0.3, -0.25) is 14.7 Å². The molecule has 3 saturated heterocycles. The first-order chi connectivity index (χ1) is 11.4. The van der Waals surface area contributed by atoms with Crippen LogP contribution < -0.4 is 0 Å². The van der Waals surface area contributed by atoms with Crippen LogP contribution in [0.2, 0.25) is 0 Å². The van der Waals surface area contributed by atoms with Gasteiger partial charge in [0.2, 0.25) is 0 Å². The second-order valence-electron chi connectivity index (χ2n) is 7.88. The van der Waals surface area contributed by atoms with Gasteiger partial charge in [-0.25, -0.2) is 8.78 Å². The number of hydrogen-bond acceptors (Lipinski definition) is 4. The topological polar surface area (TPSA) is 13.0 Å². The van der Waals surface area contributed by atoms with E-state index in [-0.39, 0.29) is 13.0 Å². The average Bonchev–Trinajstić information content (AvgIpc) is 3.14. The first-order valence-corrected chi connectivity index (χ1v) is 9.55. The van der Waals surface area contributed by atoms with Crippen molar-refractivity contribution in [2.24, 2.45) is 0 Å². The van der Waals surface area contributed by atoms with E-state index in [1.165, 1.54) is 25.9 Å². The second-order valence-corrected chi connectivity index (χ2v) is 7.88. The fraction of sp³-hybridized carbons (Fsp3) is 0.944. The van der Waals surface area contributed by atoms with E-state index in [2.05, 4.69) is 35.2 Å². The maximum Gasteiger partial charge on any atom is 0.261 e. The molecule has 0 aromatic carbocycles. The van der Waals surface area contributed by atoms with Gasteiger partial charge >= 0.3 is 0 Å². The Morgan fingerprint density at radius 1 is 1.04 bits per heavy atom. The maximum atomic E-state index is 13.2. The summed E-state index contributed by atoms with van der Waals surface area (Å²) in [6.45, 7) is 14.7.